The molecule has 7 heteroatoms. The minimum Gasteiger partial charge on any atom is -0.417 e. The molecule has 0 radical (unpaired) electrons. The lowest BCUT2D eigenvalue weighted by molar-refractivity contribution is -0.120. The molecular formula is C17H27FN2O3Si. The van der Waals surface area contributed by atoms with Gasteiger partial charge in [0.15, 0.2) is 8.32 Å². The maximum Gasteiger partial charge on any atom is 0.252 e. The summed E-state index contributed by atoms with van der Waals surface area (Å²) in [4.78, 5) is 23.7. The molecule has 0 aliphatic carbocycles. The van der Waals surface area contributed by atoms with Gasteiger partial charge in [0.1, 0.15) is 11.9 Å². The Labute approximate surface area is 143 Å². The Morgan fingerprint density at radius 1 is 1.33 bits per heavy atom. The molecule has 0 saturated carbocycles. The van der Waals surface area contributed by atoms with E-state index in [0.717, 1.165) is 6.07 Å². The molecule has 0 saturated heterocycles. The van der Waals surface area contributed by atoms with Crippen LogP contribution in [0.15, 0.2) is 24.3 Å². The maximum absolute atomic E-state index is 13.2. The highest BCUT2D eigenvalue weighted by Crippen LogP contribution is 2.36. The monoisotopic (exact) mass is 354 g/mol. The van der Waals surface area contributed by atoms with Gasteiger partial charge >= 0.3 is 0 Å². The number of nitrogens with two attached hydrogens (primary N) is 1. The second-order valence-corrected chi connectivity index (χ2v) is 12.1. The Bertz CT molecular complexity index is 600. The van der Waals surface area contributed by atoms with Crippen LogP contribution in [0, 0.1) is 5.82 Å². The fraction of sp³-hybridized carbons (Fsp3) is 0.529. The summed E-state index contributed by atoms with van der Waals surface area (Å²) < 4.78 is 19.2. The van der Waals surface area contributed by atoms with E-state index >= 15 is 0 Å². The minimum atomic E-state index is -1.93. The normalized spacial score (nSPS) is 13.4. The first kappa shape index (κ1) is 20.3. The van der Waals surface area contributed by atoms with Gasteiger partial charge in [0.25, 0.3) is 5.91 Å². The Morgan fingerprint density at radius 2 is 1.96 bits per heavy atom. The van der Waals surface area contributed by atoms with E-state index in [4.69, 9.17) is 10.2 Å². The van der Waals surface area contributed by atoms with Crippen molar-refractivity contribution in [3.8, 4) is 0 Å². The number of rotatable bonds is 7. The van der Waals surface area contributed by atoms with Gasteiger partial charge in [0.2, 0.25) is 5.91 Å². The first-order chi connectivity index (χ1) is 10.9. The van der Waals surface area contributed by atoms with Crippen molar-refractivity contribution in [1.29, 1.82) is 0 Å². The Hall–Kier alpha value is -1.73. The van der Waals surface area contributed by atoms with Crippen LogP contribution < -0.4 is 11.1 Å². The van der Waals surface area contributed by atoms with Crippen LogP contribution in [0.1, 0.15) is 37.6 Å². The summed E-state index contributed by atoms with van der Waals surface area (Å²) in [6.45, 7) is 10.9. The van der Waals surface area contributed by atoms with E-state index in [1.807, 2.05) is 0 Å². The molecule has 1 aromatic carbocycles. The Morgan fingerprint density at radius 3 is 2.46 bits per heavy atom. The zero-order chi connectivity index (χ0) is 18.5. The molecule has 3 N–H and O–H groups in total. The van der Waals surface area contributed by atoms with Gasteiger partial charge in [-0.1, -0.05) is 26.8 Å². The lowest BCUT2D eigenvalue weighted by atomic mass is 10.1. The number of benzene rings is 1. The van der Waals surface area contributed by atoms with Crippen LogP contribution >= 0.6 is 0 Å². The van der Waals surface area contributed by atoms with Crippen molar-refractivity contribution in [2.75, 3.05) is 6.61 Å². The van der Waals surface area contributed by atoms with E-state index in [2.05, 4.69) is 39.2 Å². The summed E-state index contributed by atoms with van der Waals surface area (Å²) >= 11 is 0. The predicted molar refractivity (Wildman–Crippen MR) is 94.6 cm³/mol. The van der Waals surface area contributed by atoms with Gasteiger partial charge < -0.3 is 15.5 Å². The van der Waals surface area contributed by atoms with Crippen LogP contribution in [0.2, 0.25) is 18.1 Å². The molecule has 134 valence electrons. The number of nitrogens with one attached hydrogen (secondary N) is 1. The molecule has 0 bridgehead atoms. The van der Waals surface area contributed by atoms with Crippen LogP contribution in [0.5, 0.6) is 0 Å². The number of carbonyl (C=O) groups is 2. The van der Waals surface area contributed by atoms with Gasteiger partial charge in [-0.05, 0) is 42.8 Å². The third kappa shape index (κ3) is 5.72. The summed E-state index contributed by atoms with van der Waals surface area (Å²) in [7, 11) is -1.93. The number of primary amides is 1. The van der Waals surface area contributed by atoms with Crippen LogP contribution in [-0.2, 0) is 9.22 Å². The van der Waals surface area contributed by atoms with Crippen LogP contribution in [0.25, 0.3) is 0 Å². The average Bonchev–Trinajstić information content (AvgIpc) is 2.44. The molecule has 24 heavy (non-hydrogen) atoms. The van der Waals surface area contributed by atoms with Crippen molar-refractivity contribution < 1.29 is 18.4 Å². The molecule has 1 rings (SSSR count). The molecule has 0 unspecified atom stereocenters. The SMILES string of the molecule is CC(C)(C)[Si](C)(C)OCC[C@@H](NC(=O)c1cccc(F)c1)C(N)=O. The zero-order valence-corrected chi connectivity index (χ0v) is 16.0. The summed E-state index contributed by atoms with van der Waals surface area (Å²) in [5.41, 5.74) is 5.50. The maximum atomic E-state index is 13.2. The summed E-state index contributed by atoms with van der Waals surface area (Å²) in [5, 5.41) is 2.60. The average molecular weight is 354 g/mol. The van der Waals surface area contributed by atoms with Crippen molar-refractivity contribution >= 4 is 20.1 Å². The Balaban J connectivity index is 2.65. The molecule has 0 aliphatic rings. The van der Waals surface area contributed by atoms with E-state index < -0.39 is 32.0 Å². The highest BCUT2D eigenvalue weighted by Gasteiger charge is 2.37. The van der Waals surface area contributed by atoms with E-state index in [-0.39, 0.29) is 17.0 Å². The van der Waals surface area contributed by atoms with Crippen LogP contribution in [0.4, 0.5) is 4.39 Å². The van der Waals surface area contributed by atoms with Crippen LogP contribution in [-0.4, -0.2) is 32.8 Å². The first-order valence-corrected chi connectivity index (χ1v) is 10.8. The molecule has 0 aromatic heterocycles. The van der Waals surface area contributed by atoms with Crippen molar-refractivity contribution in [1.82, 2.24) is 5.32 Å². The van der Waals surface area contributed by atoms with Crippen molar-refractivity contribution in [3.63, 3.8) is 0 Å². The molecule has 0 heterocycles. The van der Waals surface area contributed by atoms with Crippen molar-refractivity contribution in [3.05, 3.63) is 35.6 Å². The number of halogens is 1. The number of hydrogen-bond acceptors (Lipinski definition) is 3. The van der Waals surface area contributed by atoms with E-state index in [1.54, 1.807) is 0 Å². The van der Waals surface area contributed by atoms with Crippen molar-refractivity contribution in [2.45, 2.75) is 51.4 Å². The van der Waals surface area contributed by atoms with Gasteiger partial charge in [-0.25, -0.2) is 4.39 Å². The third-order valence-corrected chi connectivity index (χ3v) is 8.95. The molecule has 0 fully saturated rings. The van der Waals surface area contributed by atoms with E-state index in [9.17, 15) is 14.0 Å². The smallest absolute Gasteiger partial charge is 0.252 e. The van der Waals surface area contributed by atoms with Gasteiger partial charge in [-0.2, -0.15) is 0 Å². The lowest BCUT2D eigenvalue weighted by Gasteiger charge is -2.36. The van der Waals surface area contributed by atoms with Crippen LogP contribution in [0.3, 0.4) is 0 Å². The molecule has 2 amide bonds. The quantitative estimate of drug-likeness (QED) is 0.739. The Kier molecular flexibility index (Phi) is 6.68. The second-order valence-electron chi connectivity index (χ2n) is 7.34. The van der Waals surface area contributed by atoms with Crippen molar-refractivity contribution in [2.24, 2.45) is 5.73 Å². The van der Waals surface area contributed by atoms with Gasteiger partial charge in [-0.3, -0.25) is 9.59 Å². The minimum absolute atomic E-state index is 0.0556. The molecule has 5 nitrogen and oxygen atoms in total. The molecule has 1 atom stereocenters. The topological polar surface area (TPSA) is 81.4 Å². The third-order valence-electron chi connectivity index (χ3n) is 4.41. The van der Waals surface area contributed by atoms with Gasteiger partial charge in [0.05, 0.1) is 0 Å². The number of carbonyl (C=O) groups excluding carboxylic acids is 2. The summed E-state index contributed by atoms with van der Waals surface area (Å²) in [5.74, 6) is -1.69. The number of amides is 2. The van der Waals surface area contributed by atoms with Gasteiger partial charge in [-0.15, -0.1) is 0 Å². The highest BCUT2D eigenvalue weighted by molar-refractivity contribution is 6.74. The molecular weight excluding hydrogens is 327 g/mol. The number of hydrogen-bond donors (Lipinski definition) is 2. The largest absolute Gasteiger partial charge is 0.417 e. The predicted octanol–water partition coefficient (Wildman–Crippen LogP) is 2.82. The highest BCUT2D eigenvalue weighted by atomic mass is 28.4. The summed E-state index contributed by atoms with van der Waals surface area (Å²) in [6.07, 6.45) is 0.281. The summed E-state index contributed by atoms with van der Waals surface area (Å²) in [6, 6.07) is 4.41. The lowest BCUT2D eigenvalue weighted by Crippen LogP contribution is -2.47. The molecule has 0 spiro atoms. The fourth-order valence-corrected chi connectivity index (χ4v) is 2.87. The second kappa shape index (κ2) is 7.89. The first-order valence-electron chi connectivity index (χ1n) is 7.94. The fourth-order valence-electron chi connectivity index (χ4n) is 1.81. The van der Waals surface area contributed by atoms with E-state index in [1.165, 1.54) is 18.2 Å². The van der Waals surface area contributed by atoms with E-state index in [0.29, 0.717) is 6.61 Å². The molecule has 0 aliphatic heterocycles. The molecule has 1 aromatic rings. The van der Waals surface area contributed by atoms with Gasteiger partial charge in [0, 0.05) is 12.2 Å². The zero-order valence-electron chi connectivity index (χ0n) is 15.0. The standard InChI is InChI=1S/C17H27FN2O3Si/c1-17(2,3)24(4,5)23-10-9-14(15(19)21)20-16(22)12-7-6-8-13(18)11-12/h6-8,11,14H,9-10H2,1-5H3,(H2,19,21)(H,20,22)/t14-/m1/s1.